The third-order valence-corrected chi connectivity index (χ3v) is 3.58. The van der Waals surface area contributed by atoms with Gasteiger partial charge in [-0.3, -0.25) is 5.32 Å². The third kappa shape index (κ3) is 4.22. The van der Waals surface area contributed by atoms with E-state index in [4.69, 9.17) is 21.4 Å². The lowest BCUT2D eigenvalue weighted by molar-refractivity contribution is 0.0697. The van der Waals surface area contributed by atoms with Gasteiger partial charge < -0.3 is 9.84 Å². The van der Waals surface area contributed by atoms with E-state index in [1.54, 1.807) is 0 Å². The van der Waals surface area contributed by atoms with Crippen molar-refractivity contribution < 1.29 is 19.4 Å². The molecule has 2 rings (SSSR count). The molecule has 0 saturated carbocycles. The highest BCUT2D eigenvalue weighted by atomic mass is 79.9. The first kappa shape index (κ1) is 16.3. The standard InChI is InChI=1S/C15H11BrClNO4/c16-10-6-11(14(19)20)13(17)12(7-10)18-15(21)22-8-9-4-2-1-3-5-9/h1-7H,8H2,(H,18,21)(H,19,20). The number of benzene rings is 2. The normalized spacial score (nSPS) is 10.1. The molecule has 5 nitrogen and oxygen atoms in total. The van der Waals surface area contributed by atoms with Crippen molar-refractivity contribution in [3.05, 3.63) is 63.1 Å². The zero-order valence-corrected chi connectivity index (χ0v) is 13.5. The Balaban J connectivity index is 2.07. The van der Waals surface area contributed by atoms with Gasteiger partial charge in [0.25, 0.3) is 0 Å². The maximum atomic E-state index is 11.8. The van der Waals surface area contributed by atoms with Gasteiger partial charge in [-0.25, -0.2) is 9.59 Å². The van der Waals surface area contributed by atoms with Gasteiger partial charge in [-0.2, -0.15) is 0 Å². The topological polar surface area (TPSA) is 75.6 Å². The van der Waals surface area contributed by atoms with Crippen molar-refractivity contribution in [3.8, 4) is 0 Å². The first-order chi connectivity index (χ1) is 10.5. The van der Waals surface area contributed by atoms with Gasteiger partial charge in [0.1, 0.15) is 6.61 Å². The molecule has 0 bridgehead atoms. The molecule has 0 saturated heterocycles. The number of carboxylic acids is 1. The predicted octanol–water partition coefficient (Wildman–Crippen LogP) is 4.55. The lowest BCUT2D eigenvalue weighted by Crippen LogP contribution is -2.14. The highest BCUT2D eigenvalue weighted by molar-refractivity contribution is 9.10. The SMILES string of the molecule is O=C(Nc1cc(Br)cc(C(=O)O)c1Cl)OCc1ccccc1. The first-order valence-corrected chi connectivity index (χ1v) is 7.34. The van der Waals surface area contributed by atoms with E-state index < -0.39 is 12.1 Å². The minimum absolute atomic E-state index is 0.0626. The van der Waals surface area contributed by atoms with E-state index in [9.17, 15) is 9.59 Å². The number of aromatic carboxylic acids is 1. The number of nitrogens with one attached hydrogen (secondary N) is 1. The van der Waals surface area contributed by atoms with E-state index in [-0.39, 0.29) is 22.9 Å². The molecule has 0 heterocycles. The van der Waals surface area contributed by atoms with Gasteiger partial charge in [0.2, 0.25) is 0 Å². The molecular weight excluding hydrogens is 374 g/mol. The number of ether oxygens (including phenoxy) is 1. The Labute approximate surface area is 140 Å². The van der Waals surface area contributed by atoms with Crippen molar-refractivity contribution in [1.82, 2.24) is 0 Å². The highest BCUT2D eigenvalue weighted by Gasteiger charge is 2.16. The van der Waals surface area contributed by atoms with Gasteiger partial charge >= 0.3 is 12.1 Å². The molecule has 0 radical (unpaired) electrons. The Morgan fingerprint density at radius 2 is 1.91 bits per heavy atom. The predicted molar refractivity (Wildman–Crippen MR) is 86.4 cm³/mol. The average molecular weight is 385 g/mol. The molecule has 0 aliphatic heterocycles. The second-order valence-corrected chi connectivity index (χ2v) is 5.60. The van der Waals surface area contributed by atoms with Crippen LogP contribution in [0.4, 0.5) is 10.5 Å². The quantitative estimate of drug-likeness (QED) is 0.811. The molecule has 0 unspecified atom stereocenters. The van der Waals surface area contributed by atoms with Gasteiger partial charge in [0.05, 0.1) is 16.3 Å². The summed E-state index contributed by atoms with van der Waals surface area (Å²) in [4.78, 5) is 22.8. The molecule has 0 spiro atoms. The molecule has 2 aromatic carbocycles. The van der Waals surface area contributed by atoms with E-state index in [1.807, 2.05) is 30.3 Å². The maximum absolute atomic E-state index is 11.8. The molecule has 22 heavy (non-hydrogen) atoms. The Morgan fingerprint density at radius 3 is 2.55 bits per heavy atom. The zero-order chi connectivity index (χ0) is 16.1. The van der Waals surface area contributed by atoms with Crippen LogP contribution in [0.25, 0.3) is 0 Å². The number of carboxylic acid groups (broad SMARTS) is 1. The summed E-state index contributed by atoms with van der Waals surface area (Å²) in [5.74, 6) is -1.19. The fourth-order valence-corrected chi connectivity index (χ4v) is 2.40. The van der Waals surface area contributed by atoms with Crippen LogP contribution in [0, 0.1) is 0 Å². The summed E-state index contributed by atoms with van der Waals surface area (Å²) in [7, 11) is 0. The lowest BCUT2D eigenvalue weighted by Gasteiger charge is -2.10. The molecular formula is C15H11BrClNO4. The summed E-state index contributed by atoms with van der Waals surface area (Å²) in [5, 5.41) is 11.4. The summed E-state index contributed by atoms with van der Waals surface area (Å²) in [6.07, 6.45) is -0.722. The second-order valence-electron chi connectivity index (χ2n) is 4.31. The molecule has 114 valence electrons. The van der Waals surface area contributed by atoms with E-state index in [2.05, 4.69) is 21.2 Å². The van der Waals surface area contributed by atoms with E-state index in [0.29, 0.717) is 4.47 Å². The van der Waals surface area contributed by atoms with E-state index in [1.165, 1.54) is 12.1 Å². The van der Waals surface area contributed by atoms with Crippen LogP contribution in [-0.4, -0.2) is 17.2 Å². The van der Waals surface area contributed by atoms with Crippen molar-refractivity contribution in [1.29, 1.82) is 0 Å². The van der Waals surface area contributed by atoms with Gasteiger partial charge in [-0.1, -0.05) is 57.9 Å². The summed E-state index contributed by atoms with van der Waals surface area (Å²) in [6.45, 7) is 0.101. The van der Waals surface area contributed by atoms with Crippen molar-refractivity contribution in [2.24, 2.45) is 0 Å². The zero-order valence-electron chi connectivity index (χ0n) is 11.2. The number of anilines is 1. The minimum Gasteiger partial charge on any atom is -0.478 e. The third-order valence-electron chi connectivity index (χ3n) is 2.72. The van der Waals surface area contributed by atoms with Crippen molar-refractivity contribution >= 4 is 45.3 Å². The van der Waals surface area contributed by atoms with Crippen LogP contribution in [-0.2, 0) is 11.3 Å². The number of rotatable bonds is 4. The average Bonchev–Trinajstić information content (AvgIpc) is 2.49. The van der Waals surface area contributed by atoms with Crippen LogP contribution in [0.2, 0.25) is 5.02 Å². The molecule has 1 amide bonds. The Hall–Kier alpha value is -2.05. The van der Waals surface area contributed by atoms with Crippen LogP contribution < -0.4 is 5.32 Å². The molecule has 0 aliphatic carbocycles. The van der Waals surface area contributed by atoms with Crippen LogP contribution in [0.5, 0.6) is 0 Å². The minimum atomic E-state index is -1.19. The van der Waals surface area contributed by atoms with Gasteiger partial charge in [-0.15, -0.1) is 0 Å². The fraction of sp³-hybridized carbons (Fsp3) is 0.0667. The lowest BCUT2D eigenvalue weighted by atomic mass is 10.2. The summed E-state index contributed by atoms with van der Waals surface area (Å²) in [5.41, 5.74) is 0.880. The summed E-state index contributed by atoms with van der Waals surface area (Å²) >= 11 is 9.13. The van der Waals surface area contributed by atoms with Gasteiger partial charge in [0.15, 0.2) is 0 Å². The van der Waals surface area contributed by atoms with Crippen molar-refractivity contribution in [2.75, 3.05) is 5.32 Å². The molecule has 2 N–H and O–H groups in total. The van der Waals surface area contributed by atoms with Crippen LogP contribution in [0.3, 0.4) is 0 Å². The number of carbonyl (C=O) groups is 2. The summed E-state index contributed by atoms with van der Waals surface area (Å²) < 4.78 is 5.54. The molecule has 0 aromatic heterocycles. The largest absolute Gasteiger partial charge is 0.478 e. The molecule has 0 aliphatic rings. The van der Waals surface area contributed by atoms with E-state index >= 15 is 0 Å². The summed E-state index contributed by atoms with van der Waals surface area (Å²) in [6, 6.07) is 12.0. The molecule has 2 aromatic rings. The number of hydrogen-bond acceptors (Lipinski definition) is 3. The fourth-order valence-electron chi connectivity index (χ4n) is 1.70. The number of carbonyl (C=O) groups excluding carboxylic acids is 1. The number of hydrogen-bond donors (Lipinski definition) is 2. The highest BCUT2D eigenvalue weighted by Crippen LogP contribution is 2.30. The van der Waals surface area contributed by atoms with Gasteiger partial charge in [-0.05, 0) is 17.7 Å². The van der Waals surface area contributed by atoms with Crippen LogP contribution in [0.15, 0.2) is 46.9 Å². The monoisotopic (exact) mass is 383 g/mol. The second kappa shape index (κ2) is 7.29. The van der Waals surface area contributed by atoms with Gasteiger partial charge in [0, 0.05) is 4.47 Å². The molecule has 0 atom stereocenters. The Bertz CT molecular complexity index is 706. The number of halogens is 2. The van der Waals surface area contributed by atoms with Crippen molar-refractivity contribution in [2.45, 2.75) is 6.61 Å². The van der Waals surface area contributed by atoms with Crippen LogP contribution >= 0.6 is 27.5 Å². The van der Waals surface area contributed by atoms with E-state index in [0.717, 1.165) is 5.56 Å². The molecule has 0 fully saturated rings. The molecule has 7 heteroatoms. The van der Waals surface area contributed by atoms with Crippen LogP contribution in [0.1, 0.15) is 15.9 Å². The first-order valence-electron chi connectivity index (χ1n) is 6.17. The smallest absolute Gasteiger partial charge is 0.412 e. The Kier molecular flexibility index (Phi) is 5.41. The Morgan fingerprint density at radius 1 is 1.23 bits per heavy atom. The van der Waals surface area contributed by atoms with Crippen molar-refractivity contribution in [3.63, 3.8) is 0 Å². The number of amides is 1. The maximum Gasteiger partial charge on any atom is 0.412 e.